The van der Waals surface area contributed by atoms with Crippen molar-refractivity contribution in [3.05, 3.63) is 0 Å². The van der Waals surface area contributed by atoms with Gasteiger partial charge in [0.2, 0.25) is 5.91 Å². The number of nitrogens with two attached hydrogens (primary N) is 1. The largest absolute Gasteiger partial charge is 0.344 e. The van der Waals surface area contributed by atoms with Gasteiger partial charge in [0.15, 0.2) is 0 Å². The van der Waals surface area contributed by atoms with Gasteiger partial charge in [0.05, 0.1) is 0 Å². The molecule has 0 aliphatic heterocycles. The number of hydrogen-bond donors (Lipinski definition) is 3. The molecule has 0 fully saturated rings. The first-order valence-corrected chi connectivity index (χ1v) is 4.10. The van der Waals surface area contributed by atoms with Crippen LogP contribution < -0.4 is 16.6 Å². The molecule has 0 radical (unpaired) electrons. The van der Waals surface area contributed by atoms with Gasteiger partial charge in [-0.3, -0.25) is 15.0 Å². The van der Waals surface area contributed by atoms with Crippen LogP contribution >= 0.6 is 0 Å². The fourth-order valence-electron chi connectivity index (χ4n) is 0.604. The number of rotatable bonds is 2. The molecule has 0 spiro atoms. The van der Waals surface area contributed by atoms with Crippen molar-refractivity contribution in [1.29, 1.82) is 0 Å². The molecule has 0 rings (SSSR count). The second-order valence-electron chi connectivity index (χ2n) is 3.95. The van der Waals surface area contributed by atoms with Gasteiger partial charge in [0, 0.05) is 5.41 Å². The SMILES string of the molecule is CC(NC(=O)C(C)(C)C)C(=O)NN. The smallest absolute Gasteiger partial charge is 0.256 e. The Balaban J connectivity index is 4.15. The Labute approximate surface area is 78.0 Å². The lowest BCUT2D eigenvalue weighted by atomic mass is 9.95. The third-order valence-corrected chi connectivity index (χ3v) is 1.56. The zero-order valence-corrected chi connectivity index (χ0v) is 8.47. The van der Waals surface area contributed by atoms with Crippen molar-refractivity contribution in [1.82, 2.24) is 10.7 Å². The van der Waals surface area contributed by atoms with Gasteiger partial charge in [-0.15, -0.1) is 0 Å². The van der Waals surface area contributed by atoms with E-state index in [4.69, 9.17) is 5.84 Å². The third kappa shape index (κ3) is 3.89. The van der Waals surface area contributed by atoms with Crippen molar-refractivity contribution in [2.45, 2.75) is 33.7 Å². The van der Waals surface area contributed by atoms with Gasteiger partial charge in [-0.2, -0.15) is 0 Å². The molecule has 4 N–H and O–H groups in total. The van der Waals surface area contributed by atoms with E-state index in [2.05, 4.69) is 5.32 Å². The Morgan fingerprint density at radius 2 is 1.77 bits per heavy atom. The summed E-state index contributed by atoms with van der Waals surface area (Å²) in [6.07, 6.45) is 0. The van der Waals surface area contributed by atoms with Gasteiger partial charge >= 0.3 is 0 Å². The van der Waals surface area contributed by atoms with Crippen LogP contribution in [0.15, 0.2) is 0 Å². The summed E-state index contributed by atoms with van der Waals surface area (Å²) >= 11 is 0. The lowest BCUT2D eigenvalue weighted by Gasteiger charge is -2.20. The highest BCUT2D eigenvalue weighted by Crippen LogP contribution is 2.12. The van der Waals surface area contributed by atoms with E-state index >= 15 is 0 Å². The molecular weight excluding hydrogens is 170 g/mol. The minimum atomic E-state index is -0.600. The van der Waals surface area contributed by atoms with E-state index in [9.17, 15) is 9.59 Å². The van der Waals surface area contributed by atoms with E-state index in [1.165, 1.54) is 0 Å². The van der Waals surface area contributed by atoms with Crippen molar-refractivity contribution in [2.24, 2.45) is 11.3 Å². The molecular formula is C8H17N3O2. The van der Waals surface area contributed by atoms with Crippen molar-refractivity contribution in [3.8, 4) is 0 Å². The maximum Gasteiger partial charge on any atom is 0.256 e. The van der Waals surface area contributed by atoms with E-state index in [0.29, 0.717) is 0 Å². The molecule has 0 aromatic heterocycles. The molecule has 1 atom stereocenters. The number of carbonyl (C=O) groups excluding carboxylic acids is 2. The minimum absolute atomic E-state index is 0.177. The summed E-state index contributed by atoms with van der Waals surface area (Å²) in [5, 5.41) is 2.54. The van der Waals surface area contributed by atoms with E-state index in [-0.39, 0.29) is 5.91 Å². The molecule has 76 valence electrons. The minimum Gasteiger partial charge on any atom is -0.344 e. The maximum absolute atomic E-state index is 11.4. The van der Waals surface area contributed by atoms with E-state index < -0.39 is 17.4 Å². The summed E-state index contributed by atoms with van der Waals surface area (Å²) in [7, 11) is 0. The number of carbonyl (C=O) groups is 2. The van der Waals surface area contributed by atoms with Gasteiger partial charge in [0.25, 0.3) is 5.91 Å². The molecule has 0 saturated carbocycles. The van der Waals surface area contributed by atoms with E-state index in [1.54, 1.807) is 27.7 Å². The van der Waals surface area contributed by atoms with Gasteiger partial charge < -0.3 is 5.32 Å². The molecule has 0 bridgehead atoms. The molecule has 0 aliphatic carbocycles. The van der Waals surface area contributed by atoms with Crippen LogP contribution in [0.5, 0.6) is 0 Å². The molecule has 2 amide bonds. The Kier molecular flexibility index (Phi) is 3.87. The lowest BCUT2D eigenvalue weighted by molar-refractivity contribution is -0.133. The molecule has 5 heteroatoms. The van der Waals surface area contributed by atoms with Crippen molar-refractivity contribution in [3.63, 3.8) is 0 Å². The van der Waals surface area contributed by atoms with Crippen LogP contribution in [0, 0.1) is 5.41 Å². The Bertz CT molecular complexity index is 208. The second kappa shape index (κ2) is 4.23. The number of amides is 2. The van der Waals surface area contributed by atoms with Crippen molar-refractivity contribution >= 4 is 11.8 Å². The van der Waals surface area contributed by atoms with Crippen LogP contribution in [0.25, 0.3) is 0 Å². The normalized spacial score (nSPS) is 13.3. The van der Waals surface area contributed by atoms with Gasteiger partial charge in [-0.25, -0.2) is 5.84 Å². The predicted octanol–water partition coefficient (Wildman–Crippen LogP) is -0.473. The highest BCUT2D eigenvalue weighted by atomic mass is 16.2. The Morgan fingerprint density at radius 3 is 2.08 bits per heavy atom. The first kappa shape index (κ1) is 11.9. The maximum atomic E-state index is 11.4. The monoisotopic (exact) mass is 187 g/mol. The summed E-state index contributed by atoms with van der Waals surface area (Å²) in [6.45, 7) is 6.89. The fourth-order valence-corrected chi connectivity index (χ4v) is 0.604. The van der Waals surface area contributed by atoms with Gasteiger partial charge in [-0.1, -0.05) is 20.8 Å². The quantitative estimate of drug-likeness (QED) is 0.310. The van der Waals surface area contributed by atoms with Crippen LogP contribution in [0.2, 0.25) is 0 Å². The van der Waals surface area contributed by atoms with Gasteiger partial charge in [0.1, 0.15) is 6.04 Å². The average Bonchev–Trinajstić information content (AvgIpc) is 2.01. The van der Waals surface area contributed by atoms with E-state index in [0.717, 1.165) is 0 Å². The van der Waals surface area contributed by atoms with Gasteiger partial charge in [-0.05, 0) is 6.92 Å². The Morgan fingerprint density at radius 1 is 1.31 bits per heavy atom. The van der Waals surface area contributed by atoms with Crippen LogP contribution in [-0.2, 0) is 9.59 Å². The molecule has 0 saturated heterocycles. The fraction of sp³-hybridized carbons (Fsp3) is 0.750. The Hall–Kier alpha value is -1.10. The third-order valence-electron chi connectivity index (χ3n) is 1.56. The van der Waals surface area contributed by atoms with E-state index in [1.807, 2.05) is 5.43 Å². The molecule has 13 heavy (non-hydrogen) atoms. The summed E-state index contributed by atoms with van der Waals surface area (Å²) in [5.74, 6) is 4.32. The molecule has 5 nitrogen and oxygen atoms in total. The lowest BCUT2D eigenvalue weighted by Crippen LogP contribution is -2.49. The average molecular weight is 187 g/mol. The second-order valence-corrected chi connectivity index (χ2v) is 3.95. The van der Waals surface area contributed by atoms with Crippen molar-refractivity contribution in [2.75, 3.05) is 0 Å². The van der Waals surface area contributed by atoms with Crippen LogP contribution in [0.4, 0.5) is 0 Å². The zero-order valence-electron chi connectivity index (χ0n) is 8.47. The molecule has 0 aliphatic rings. The summed E-state index contributed by atoms with van der Waals surface area (Å²) < 4.78 is 0. The highest BCUT2D eigenvalue weighted by molar-refractivity contribution is 5.88. The number of hydrazine groups is 1. The number of hydrogen-bond acceptors (Lipinski definition) is 3. The molecule has 1 unspecified atom stereocenters. The van der Waals surface area contributed by atoms with Crippen LogP contribution in [-0.4, -0.2) is 17.9 Å². The zero-order chi connectivity index (χ0) is 10.6. The summed E-state index contributed by atoms with van der Waals surface area (Å²) in [5.41, 5.74) is 1.47. The molecule has 0 aromatic rings. The van der Waals surface area contributed by atoms with Crippen LogP contribution in [0.1, 0.15) is 27.7 Å². The highest BCUT2D eigenvalue weighted by Gasteiger charge is 2.24. The molecule has 0 aromatic carbocycles. The predicted molar refractivity (Wildman–Crippen MR) is 49.4 cm³/mol. The van der Waals surface area contributed by atoms with Crippen LogP contribution in [0.3, 0.4) is 0 Å². The first-order valence-electron chi connectivity index (χ1n) is 4.10. The summed E-state index contributed by atoms with van der Waals surface area (Å²) in [4.78, 5) is 22.3. The molecule has 0 heterocycles. The standard InChI is InChI=1S/C8H17N3O2/c1-5(6(12)11-9)10-7(13)8(2,3)4/h5H,9H2,1-4H3,(H,10,13)(H,11,12). The number of nitrogens with one attached hydrogen (secondary N) is 2. The first-order chi connectivity index (χ1) is 5.79. The van der Waals surface area contributed by atoms with Crippen molar-refractivity contribution < 1.29 is 9.59 Å². The topological polar surface area (TPSA) is 84.2 Å². The summed E-state index contributed by atoms with van der Waals surface area (Å²) in [6, 6.07) is -0.600.